The lowest BCUT2D eigenvalue weighted by Crippen LogP contribution is -2.38. The molecule has 1 saturated carbocycles. The number of carboxylic acid groups (broad SMARTS) is 1. The third-order valence-corrected chi connectivity index (χ3v) is 6.03. The number of carboxylic acids is 1. The molecule has 5 heteroatoms. The summed E-state index contributed by atoms with van der Waals surface area (Å²) in [6, 6.07) is 16.5. The lowest BCUT2D eigenvalue weighted by atomic mass is 9.97. The van der Waals surface area contributed by atoms with Crippen molar-refractivity contribution in [3.8, 4) is 11.1 Å². The molecule has 0 bridgehead atoms. The summed E-state index contributed by atoms with van der Waals surface area (Å²) in [6.45, 7) is 0.298. The molecule has 2 aliphatic carbocycles. The van der Waals surface area contributed by atoms with Crippen molar-refractivity contribution in [2.75, 3.05) is 6.61 Å². The van der Waals surface area contributed by atoms with Crippen molar-refractivity contribution >= 4 is 12.1 Å². The first-order valence-electron chi connectivity index (χ1n) is 9.97. The number of hydrogen-bond acceptors (Lipinski definition) is 3. The van der Waals surface area contributed by atoms with Gasteiger partial charge in [0.15, 0.2) is 0 Å². The highest BCUT2D eigenvalue weighted by Gasteiger charge is 2.31. The highest BCUT2D eigenvalue weighted by atomic mass is 16.5. The molecule has 4 rings (SSSR count). The van der Waals surface area contributed by atoms with Crippen molar-refractivity contribution < 1.29 is 19.4 Å². The monoisotopic (exact) mass is 379 g/mol. The number of nitrogens with one attached hydrogen (secondary N) is 1. The molecule has 146 valence electrons. The first-order chi connectivity index (χ1) is 13.6. The van der Waals surface area contributed by atoms with Crippen LogP contribution in [-0.2, 0) is 9.53 Å². The molecule has 2 aromatic carbocycles. The topological polar surface area (TPSA) is 75.6 Å². The minimum atomic E-state index is -0.785. The number of ether oxygens (including phenoxy) is 1. The Balaban J connectivity index is 1.38. The highest BCUT2D eigenvalue weighted by molar-refractivity contribution is 5.79. The summed E-state index contributed by atoms with van der Waals surface area (Å²) < 4.78 is 5.61. The predicted octanol–water partition coefficient (Wildman–Crippen LogP) is 4.56. The van der Waals surface area contributed by atoms with Crippen LogP contribution in [0.4, 0.5) is 4.79 Å². The lowest BCUT2D eigenvalue weighted by molar-refractivity contribution is -0.137. The smallest absolute Gasteiger partial charge is 0.407 e. The highest BCUT2D eigenvalue weighted by Crippen LogP contribution is 2.44. The molecule has 28 heavy (non-hydrogen) atoms. The van der Waals surface area contributed by atoms with Gasteiger partial charge in [0.1, 0.15) is 6.61 Å². The lowest BCUT2D eigenvalue weighted by Gasteiger charge is -2.21. The molecule has 0 heterocycles. The molecule has 0 spiro atoms. The Kier molecular flexibility index (Phi) is 5.33. The minimum Gasteiger partial charge on any atom is -0.481 e. The summed E-state index contributed by atoms with van der Waals surface area (Å²) in [7, 11) is 0. The first-order valence-corrected chi connectivity index (χ1v) is 9.97. The summed E-state index contributed by atoms with van der Waals surface area (Å²) in [5.41, 5.74) is 4.79. The standard InChI is InChI=1S/C23H25NO4/c25-22(26)13-12-15-6-5-11-21(15)24-23(27)28-14-20-18-9-3-1-7-16(18)17-8-2-4-10-19(17)20/h1-4,7-10,15,20-21H,5-6,11-14H2,(H,24,27)(H,25,26)/t15-,21-/m1/s1. The molecule has 0 saturated heterocycles. The fourth-order valence-electron chi connectivity index (χ4n) is 4.67. The molecule has 0 aromatic heterocycles. The van der Waals surface area contributed by atoms with Gasteiger partial charge in [-0.15, -0.1) is 0 Å². The zero-order valence-corrected chi connectivity index (χ0v) is 15.8. The van der Waals surface area contributed by atoms with Gasteiger partial charge in [0.05, 0.1) is 0 Å². The van der Waals surface area contributed by atoms with Crippen LogP contribution >= 0.6 is 0 Å². The number of aliphatic carboxylic acids is 1. The summed E-state index contributed by atoms with van der Waals surface area (Å²) in [4.78, 5) is 23.2. The van der Waals surface area contributed by atoms with Crippen LogP contribution in [0, 0.1) is 5.92 Å². The van der Waals surface area contributed by atoms with Crippen LogP contribution in [-0.4, -0.2) is 29.8 Å². The molecule has 2 aromatic rings. The molecule has 1 amide bonds. The average molecular weight is 379 g/mol. The van der Waals surface area contributed by atoms with Crippen LogP contribution in [0.2, 0.25) is 0 Å². The summed E-state index contributed by atoms with van der Waals surface area (Å²) in [5, 5.41) is 11.9. The largest absolute Gasteiger partial charge is 0.481 e. The Morgan fingerprint density at radius 2 is 1.64 bits per heavy atom. The zero-order chi connectivity index (χ0) is 19.5. The number of hydrogen-bond donors (Lipinski definition) is 2. The van der Waals surface area contributed by atoms with E-state index in [1.807, 2.05) is 24.3 Å². The Morgan fingerprint density at radius 1 is 1.00 bits per heavy atom. The third-order valence-electron chi connectivity index (χ3n) is 6.03. The maximum atomic E-state index is 12.4. The van der Waals surface area contributed by atoms with Gasteiger partial charge in [-0.3, -0.25) is 4.79 Å². The van der Waals surface area contributed by atoms with E-state index in [0.29, 0.717) is 13.0 Å². The molecular formula is C23H25NO4. The second kappa shape index (κ2) is 8.05. The van der Waals surface area contributed by atoms with Gasteiger partial charge >= 0.3 is 12.1 Å². The van der Waals surface area contributed by atoms with E-state index in [1.165, 1.54) is 22.3 Å². The number of carbonyl (C=O) groups is 2. The van der Waals surface area contributed by atoms with Crippen molar-refractivity contribution in [3.05, 3.63) is 59.7 Å². The third kappa shape index (κ3) is 3.75. The normalized spacial score (nSPS) is 20.4. The van der Waals surface area contributed by atoms with Gasteiger partial charge in [0, 0.05) is 18.4 Å². The number of fused-ring (bicyclic) bond motifs is 3. The van der Waals surface area contributed by atoms with Crippen LogP contribution in [0.15, 0.2) is 48.5 Å². The van der Waals surface area contributed by atoms with Gasteiger partial charge in [-0.05, 0) is 47.4 Å². The number of amides is 1. The summed E-state index contributed by atoms with van der Waals surface area (Å²) in [6.07, 6.45) is 3.19. The van der Waals surface area contributed by atoms with Gasteiger partial charge < -0.3 is 15.2 Å². The number of benzene rings is 2. The predicted molar refractivity (Wildman–Crippen MR) is 106 cm³/mol. The van der Waals surface area contributed by atoms with E-state index in [4.69, 9.17) is 9.84 Å². The first kappa shape index (κ1) is 18.5. The maximum absolute atomic E-state index is 12.4. The van der Waals surface area contributed by atoms with Crippen molar-refractivity contribution in [1.29, 1.82) is 0 Å². The zero-order valence-electron chi connectivity index (χ0n) is 15.8. The molecule has 1 fully saturated rings. The van der Waals surface area contributed by atoms with E-state index in [0.717, 1.165) is 19.3 Å². The van der Waals surface area contributed by atoms with Crippen LogP contribution in [0.25, 0.3) is 11.1 Å². The molecular weight excluding hydrogens is 354 g/mol. The van der Waals surface area contributed by atoms with E-state index >= 15 is 0 Å². The Hall–Kier alpha value is -2.82. The van der Waals surface area contributed by atoms with Crippen LogP contribution in [0.5, 0.6) is 0 Å². The molecule has 2 aliphatic rings. The Labute approximate surface area is 164 Å². The Morgan fingerprint density at radius 3 is 2.29 bits per heavy atom. The Bertz CT molecular complexity index is 833. The van der Waals surface area contributed by atoms with Gasteiger partial charge in [-0.2, -0.15) is 0 Å². The van der Waals surface area contributed by atoms with Crippen molar-refractivity contribution in [2.45, 2.75) is 44.1 Å². The summed E-state index contributed by atoms with van der Waals surface area (Å²) >= 11 is 0. The maximum Gasteiger partial charge on any atom is 0.407 e. The van der Waals surface area contributed by atoms with Gasteiger partial charge in [0.2, 0.25) is 0 Å². The van der Waals surface area contributed by atoms with E-state index in [2.05, 4.69) is 29.6 Å². The van der Waals surface area contributed by atoms with Crippen LogP contribution in [0.1, 0.15) is 49.1 Å². The fourth-order valence-corrected chi connectivity index (χ4v) is 4.67. The number of rotatable bonds is 6. The number of carbonyl (C=O) groups excluding carboxylic acids is 1. The van der Waals surface area contributed by atoms with Gasteiger partial charge in [-0.25, -0.2) is 4.79 Å². The molecule has 5 nitrogen and oxygen atoms in total. The molecule has 2 atom stereocenters. The fraction of sp³-hybridized carbons (Fsp3) is 0.391. The van der Waals surface area contributed by atoms with Crippen molar-refractivity contribution in [3.63, 3.8) is 0 Å². The van der Waals surface area contributed by atoms with E-state index < -0.39 is 12.1 Å². The van der Waals surface area contributed by atoms with Crippen molar-refractivity contribution in [2.24, 2.45) is 5.92 Å². The van der Waals surface area contributed by atoms with Crippen LogP contribution < -0.4 is 5.32 Å². The molecule has 2 N–H and O–H groups in total. The van der Waals surface area contributed by atoms with E-state index in [9.17, 15) is 9.59 Å². The molecule has 0 unspecified atom stereocenters. The van der Waals surface area contributed by atoms with Gasteiger partial charge in [-0.1, -0.05) is 55.0 Å². The molecule has 0 radical (unpaired) electrons. The summed E-state index contributed by atoms with van der Waals surface area (Å²) in [5.74, 6) is -0.520. The van der Waals surface area contributed by atoms with E-state index in [1.54, 1.807) is 0 Å². The minimum absolute atomic E-state index is 0.00926. The second-order valence-electron chi connectivity index (χ2n) is 7.70. The van der Waals surface area contributed by atoms with Crippen LogP contribution in [0.3, 0.4) is 0 Å². The number of alkyl carbamates (subject to hydrolysis) is 1. The average Bonchev–Trinajstić information content (AvgIpc) is 3.27. The quantitative estimate of drug-likeness (QED) is 0.771. The molecule has 0 aliphatic heterocycles. The second-order valence-corrected chi connectivity index (χ2v) is 7.70. The van der Waals surface area contributed by atoms with Gasteiger partial charge in [0.25, 0.3) is 0 Å². The van der Waals surface area contributed by atoms with Crippen molar-refractivity contribution in [1.82, 2.24) is 5.32 Å². The van der Waals surface area contributed by atoms with E-state index in [-0.39, 0.29) is 24.3 Å². The SMILES string of the molecule is O=C(O)CC[C@H]1CCC[C@H]1NC(=O)OCC1c2ccccc2-c2ccccc21.